The van der Waals surface area contributed by atoms with Gasteiger partial charge in [-0.15, -0.1) is 22.7 Å². The van der Waals surface area contributed by atoms with Crippen LogP contribution in [-0.2, 0) is 6.54 Å². The third-order valence-corrected chi connectivity index (χ3v) is 6.55. The van der Waals surface area contributed by atoms with Gasteiger partial charge in [0.25, 0.3) is 0 Å². The molecule has 0 aliphatic heterocycles. The molecule has 0 aliphatic rings. The van der Waals surface area contributed by atoms with Gasteiger partial charge in [-0.25, -0.2) is 4.98 Å². The molecule has 0 aliphatic carbocycles. The van der Waals surface area contributed by atoms with Crippen LogP contribution >= 0.6 is 22.7 Å². The third-order valence-electron chi connectivity index (χ3n) is 4.49. The smallest absolute Gasteiger partial charge is 0.191 e. The highest BCUT2D eigenvalue weighted by Crippen LogP contribution is 2.29. The monoisotopic (exact) mass is 422 g/mol. The number of hydrogen-bond acceptors (Lipinski definition) is 5. The number of guanidine groups is 1. The molecule has 0 radical (unpaired) electrons. The SMILES string of the molecule is CN=C(NCc1nc(-c2ccccc2)cs1)NCC(O)c1cc2ccccc2s1. The molecule has 0 spiro atoms. The molecule has 4 aromatic rings. The van der Waals surface area contributed by atoms with Gasteiger partial charge in [-0.2, -0.15) is 0 Å². The van der Waals surface area contributed by atoms with Gasteiger partial charge >= 0.3 is 0 Å². The molecule has 2 aromatic carbocycles. The van der Waals surface area contributed by atoms with Gasteiger partial charge < -0.3 is 15.7 Å². The lowest BCUT2D eigenvalue weighted by molar-refractivity contribution is 0.184. The van der Waals surface area contributed by atoms with Crippen LogP contribution in [0.3, 0.4) is 0 Å². The lowest BCUT2D eigenvalue weighted by Gasteiger charge is -2.14. The highest BCUT2D eigenvalue weighted by Gasteiger charge is 2.12. The molecule has 0 bridgehead atoms. The second kappa shape index (κ2) is 9.17. The van der Waals surface area contributed by atoms with E-state index in [4.69, 9.17) is 0 Å². The van der Waals surface area contributed by atoms with E-state index in [2.05, 4.69) is 50.3 Å². The standard InChI is InChI=1S/C22H22N4OS2/c1-23-22(24-12-18(27)20-11-16-9-5-6-10-19(16)29-20)25-13-21-26-17(14-28-21)15-7-3-2-4-8-15/h2-11,14,18,27H,12-13H2,1H3,(H2,23,24,25). The number of hydrogen-bond donors (Lipinski definition) is 3. The maximum Gasteiger partial charge on any atom is 0.191 e. The fourth-order valence-electron chi connectivity index (χ4n) is 2.97. The highest BCUT2D eigenvalue weighted by atomic mass is 32.1. The van der Waals surface area contributed by atoms with Crippen LogP contribution in [0, 0.1) is 0 Å². The second-order valence-corrected chi connectivity index (χ2v) is 8.56. The first-order chi connectivity index (χ1) is 14.2. The average Bonchev–Trinajstić information content (AvgIpc) is 3.41. The summed E-state index contributed by atoms with van der Waals surface area (Å²) in [6, 6.07) is 20.3. The number of aromatic nitrogens is 1. The molecule has 1 atom stereocenters. The van der Waals surface area contributed by atoms with Crippen molar-refractivity contribution in [3.8, 4) is 11.3 Å². The molecule has 1 unspecified atom stereocenters. The Morgan fingerprint density at radius 3 is 2.69 bits per heavy atom. The lowest BCUT2D eigenvalue weighted by atomic mass is 10.2. The highest BCUT2D eigenvalue weighted by molar-refractivity contribution is 7.19. The molecule has 4 rings (SSSR count). The van der Waals surface area contributed by atoms with Gasteiger partial charge in [-0.3, -0.25) is 4.99 Å². The first-order valence-electron chi connectivity index (χ1n) is 9.34. The number of rotatable bonds is 6. The number of nitrogens with one attached hydrogen (secondary N) is 2. The zero-order chi connectivity index (χ0) is 20.1. The van der Waals surface area contributed by atoms with Gasteiger partial charge in [-0.1, -0.05) is 48.5 Å². The van der Waals surface area contributed by atoms with E-state index in [1.165, 1.54) is 4.70 Å². The molecule has 0 amide bonds. The molecule has 29 heavy (non-hydrogen) atoms. The molecule has 148 valence electrons. The minimum atomic E-state index is -0.588. The van der Waals surface area contributed by atoms with E-state index in [1.807, 2.05) is 36.4 Å². The number of thiophene rings is 1. The largest absolute Gasteiger partial charge is 0.386 e. The number of thiazole rings is 1. The van der Waals surface area contributed by atoms with E-state index in [1.54, 1.807) is 29.7 Å². The van der Waals surface area contributed by atoms with E-state index in [0.29, 0.717) is 19.0 Å². The van der Waals surface area contributed by atoms with Gasteiger partial charge in [0, 0.05) is 34.1 Å². The van der Waals surface area contributed by atoms with Crippen molar-refractivity contribution >= 4 is 38.7 Å². The number of aliphatic hydroxyl groups is 1. The Hall–Kier alpha value is -2.74. The quantitative estimate of drug-likeness (QED) is 0.318. The first kappa shape index (κ1) is 19.6. The summed E-state index contributed by atoms with van der Waals surface area (Å²) in [4.78, 5) is 9.87. The van der Waals surface area contributed by atoms with Crippen molar-refractivity contribution in [1.29, 1.82) is 0 Å². The van der Waals surface area contributed by atoms with E-state index >= 15 is 0 Å². The van der Waals surface area contributed by atoms with Gasteiger partial charge in [-0.05, 0) is 17.5 Å². The van der Waals surface area contributed by atoms with E-state index in [9.17, 15) is 5.11 Å². The summed E-state index contributed by atoms with van der Waals surface area (Å²) in [6.45, 7) is 0.968. The predicted molar refractivity (Wildman–Crippen MR) is 123 cm³/mol. The van der Waals surface area contributed by atoms with Gasteiger partial charge in [0.2, 0.25) is 0 Å². The van der Waals surface area contributed by atoms with Crippen LogP contribution in [0.25, 0.3) is 21.3 Å². The van der Waals surface area contributed by atoms with Crippen LogP contribution in [0.5, 0.6) is 0 Å². The summed E-state index contributed by atoms with van der Waals surface area (Å²) in [5, 5.41) is 21.2. The van der Waals surface area contributed by atoms with Crippen LogP contribution in [0.2, 0.25) is 0 Å². The predicted octanol–water partition coefficient (Wildman–Crippen LogP) is 4.42. The Balaban J connectivity index is 1.31. The van der Waals surface area contributed by atoms with E-state index < -0.39 is 6.10 Å². The zero-order valence-electron chi connectivity index (χ0n) is 16.0. The van der Waals surface area contributed by atoms with Crippen molar-refractivity contribution < 1.29 is 5.11 Å². The first-order valence-corrected chi connectivity index (χ1v) is 11.0. The number of nitrogens with zero attached hydrogens (tertiary/aromatic N) is 2. The van der Waals surface area contributed by atoms with E-state index in [-0.39, 0.29) is 0 Å². The van der Waals surface area contributed by atoms with Crippen LogP contribution in [0.15, 0.2) is 71.0 Å². The van der Waals surface area contributed by atoms with E-state index in [0.717, 1.165) is 26.5 Å². The molecule has 0 fully saturated rings. The fourth-order valence-corrected chi connectivity index (χ4v) is 4.77. The van der Waals surface area contributed by atoms with Crippen LogP contribution in [0.1, 0.15) is 16.0 Å². The number of benzene rings is 2. The lowest BCUT2D eigenvalue weighted by Crippen LogP contribution is -2.38. The minimum absolute atomic E-state index is 0.389. The topological polar surface area (TPSA) is 69.5 Å². The summed E-state index contributed by atoms with van der Waals surface area (Å²) in [6.07, 6.45) is -0.588. The Bertz CT molecular complexity index is 1070. The molecule has 7 heteroatoms. The molecule has 0 saturated heterocycles. The fraction of sp³-hybridized carbons (Fsp3) is 0.182. The molecular weight excluding hydrogens is 400 g/mol. The van der Waals surface area contributed by atoms with Crippen molar-refractivity contribution in [3.05, 3.63) is 75.9 Å². The molecule has 0 saturated carbocycles. The Labute approximate surface area is 177 Å². The van der Waals surface area contributed by atoms with Crippen molar-refractivity contribution in [2.45, 2.75) is 12.6 Å². The Kier molecular flexibility index (Phi) is 6.19. The van der Waals surface area contributed by atoms with Crippen molar-refractivity contribution in [1.82, 2.24) is 15.6 Å². The summed E-state index contributed by atoms with van der Waals surface area (Å²) in [5.41, 5.74) is 2.10. The molecule has 5 nitrogen and oxygen atoms in total. The second-order valence-electron chi connectivity index (χ2n) is 6.50. The van der Waals surface area contributed by atoms with Gasteiger partial charge in [0.15, 0.2) is 5.96 Å². The summed E-state index contributed by atoms with van der Waals surface area (Å²) in [7, 11) is 1.72. The summed E-state index contributed by atoms with van der Waals surface area (Å²) >= 11 is 3.23. The molecule has 2 heterocycles. The molecule has 3 N–H and O–H groups in total. The maximum atomic E-state index is 10.5. The van der Waals surface area contributed by atoms with Gasteiger partial charge in [0.1, 0.15) is 11.1 Å². The maximum absolute atomic E-state index is 10.5. The number of aliphatic hydroxyl groups excluding tert-OH is 1. The molecule has 2 aromatic heterocycles. The van der Waals surface area contributed by atoms with Gasteiger partial charge in [0.05, 0.1) is 12.2 Å². The summed E-state index contributed by atoms with van der Waals surface area (Å²) in [5.74, 6) is 0.640. The Morgan fingerprint density at radius 1 is 1.10 bits per heavy atom. The normalized spacial score (nSPS) is 12.8. The Morgan fingerprint density at radius 2 is 1.90 bits per heavy atom. The van der Waals surface area contributed by atoms with Crippen LogP contribution < -0.4 is 10.6 Å². The average molecular weight is 423 g/mol. The number of aliphatic imine (C=N–C) groups is 1. The van der Waals surface area contributed by atoms with Crippen LogP contribution in [0.4, 0.5) is 0 Å². The summed E-state index contributed by atoms with van der Waals surface area (Å²) < 4.78 is 1.18. The van der Waals surface area contributed by atoms with Crippen molar-refractivity contribution in [2.75, 3.05) is 13.6 Å². The molecular formula is C22H22N4OS2. The van der Waals surface area contributed by atoms with Crippen LogP contribution in [-0.4, -0.2) is 29.6 Å². The third kappa shape index (κ3) is 4.82. The van der Waals surface area contributed by atoms with Crippen molar-refractivity contribution in [3.63, 3.8) is 0 Å². The zero-order valence-corrected chi connectivity index (χ0v) is 17.6. The minimum Gasteiger partial charge on any atom is -0.386 e. The number of fused-ring (bicyclic) bond motifs is 1. The van der Waals surface area contributed by atoms with Crippen molar-refractivity contribution in [2.24, 2.45) is 4.99 Å².